The van der Waals surface area contributed by atoms with Gasteiger partial charge in [-0.25, -0.2) is 27.3 Å². The molecule has 17 nitrogen and oxygen atoms in total. The number of aliphatic hydroxyl groups is 1. The first-order valence-corrected chi connectivity index (χ1v) is 27.1. The van der Waals surface area contributed by atoms with E-state index in [2.05, 4.69) is 21.8 Å². The highest BCUT2D eigenvalue weighted by atomic mass is 35.5. The molecule has 0 unspecified atom stereocenters. The number of carbonyl (C=O) groups excluding carboxylic acids is 2. The average molecular weight is 1120 g/mol. The van der Waals surface area contributed by atoms with Gasteiger partial charge in [0, 0.05) is 77.6 Å². The lowest BCUT2D eigenvalue weighted by atomic mass is 9.86. The van der Waals surface area contributed by atoms with Crippen LogP contribution < -0.4 is 26.2 Å². The molecule has 2 amide bonds. The highest BCUT2D eigenvalue weighted by Crippen LogP contribution is 2.47. The number of nitrogen functional groups attached to an aromatic ring is 1. The number of hydrogen-bond acceptors (Lipinski definition) is 16. The molecule has 0 aliphatic carbocycles. The molecule has 0 saturated carbocycles. The number of hydrogen-bond donors (Lipinski definition) is 3. The van der Waals surface area contributed by atoms with Gasteiger partial charge in [0.1, 0.15) is 69.4 Å². The number of nitrogens with two attached hydrogens (primary N) is 1. The monoisotopic (exact) mass is 1120 g/mol. The summed E-state index contributed by atoms with van der Waals surface area (Å²) in [6.07, 6.45) is 0.00205. The molecule has 7 aromatic rings. The quantitative estimate of drug-likeness (QED) is 0.0661. The van der Waals surface area contributed by atoms with Gasteiger partial charge < -0.3 is 38.9 Å². The molecule has 24 heteroatoms. The highest BCUT2D eigenvalue weighted by Gasteiger charge is 2.49. The molecule has 9 heterocycles. The van der Waals surface area contributed by atoms with Crippen LogP contribution in [0.25, 0.3) is 54.4 Å². The van der Waals surface area contributed by atoms with E-state index in [-0.39, 0.29) is 140 Å². The molecule has 0 bridgehead atoms. The van der Waals surface area contributed by atoms with E-state index >= 15 is 13.2 Å². The second-order valence-corrected chi connectivity index (χ2v) is 22.7. The minimum absolute atomic E-state index is 0.0254. The number of piperazine rings is 1. The first-order chi connectivity index (χ1) is 37.4. The number of pyridine rings is 2. The largest absolute Gasteiger partial charge is 0.461 e. The number of alkyl halides is 1. The topological polar surface area (TPSA) is 214 Å². The van der Waals surface area contributed by atoms with Crippen LogP contribution in [0.4, 0.5) is 38.9 Å². The number of nitrogens with one attached hydrogen (secondary N) is 1. The van der Waals surface area contributed by atoms with Crippen LogP contribution in [-0.4, -0.2) is 110 Å². The van der Waals surface area contributed by atoms with Crippen molar-refractivity contribution in [2.24, 2.45) is 0 Å². The number of benzene rings is 3. The molecule has 12 rings (SSSR count). The molecule has 78 heavy (non-hydrogen) atoms. The number of carbonyl (C=O) groups is 2. The van der Waals surface area contributed by atoms with E-state index in [9.17, 15) is 29.1 Å². The smallest absolute Gasteiger partial charge is 0.424 e. The van der Waals surface area contributed by atoms with Gasteiger partial charge in [-0.2, -0.15) is 15.2 Å². The zero-order valence-corrected chi connectivity index (χ0v) is 44.2. The van der Waals surface area contributed by atoms with Crippen molar-refractivity contribution in [2.45, 2.75) is 76.0 Å². The van der Waals surface area contributed by atoms with Crippen LogP contribution in [0.2, 0.25) is 5.02 Å². The Morgan fingerprint density at radius 1 is 1.12 bits per heavy atom. The number of amides is 2. The normalized spacial score (nSPS) is 21.6. The molecule has 5 aliphatic rings. The van der Waals surface area contributed by atoms with Gasteiger partial charge in [0.25, 0.3) is 11.5 Å². The Balaban J connectivity index is 0.757. The van der Waals surface area contributed by atoms with E-state index < -0.39 is 52.8 Å². The molecule has 5 aliphatic heterocycles. The van der Waals surface area contributed by atoms with Gasteiger partial charge in [-0.05, 0) is 74.2 Å². The van der Waals surface area contributed by atoms with Crippen molar-refractivity contribution in [3.8, 4) is 34.6 Å². The first kappa shape index (κ1) is 51.7. The van der Waals surface area contributed by atoms with Crippen molar-refractivity contribution in [2.75, 3.05) is 61.9 Å². The molecule has 3 fully saturated rings. The van der Waals surface area contributed by atoms with Gasteiger partial charge in [0.15, 0.2) is 5.82 Å². The summed E-state index contributed by atoms with van der Waals surface area (Å²) in [5.41, 5.74) is 6.19. The fourth-order valence-corrected chi connectivity index (χ4v) is 13.5. The Kier molecular flexibility index (Phi) is 12.8. The average Bonchev–Trinajstić information content (AvgIpc) is 4.33. The van der Waals surface area contributed by atoms with Gasteiger partial charge >= 0.3 is 12.1 Å². The zero-order chi connectivity index (χ0) is 54.7. The van der Waals surface area contributed by atoms with Gasteiger partial charge in [0.2, 0.25) is 0 Å². The number of anilines is 3. The first-order valence-electron chi connectivity index (χ1n) is 25.1. The molecule has 4 atom stereocenters. The molecular weight excluding hydrogens is 1080 g/mol. The molecular formula is C54H47ClF4N10O7S2. The number of rotatable bonds is 10. The Morgan fingerprint density at radius 2 is 1.94 bits per heavy atom. The summed E-state index contributed by atoms with van der Waals surface area (Å²) < 4.78 is 81.8. The number of fused-ring (bicyclic) bond motifs is 8. The van der Waals surface area contributed by atoms with Crippen LogP contribution in [0.1, 0.15) is 61.8 Å². The van der Waals surface area contributed by atoms with Gasteiger partial charge in [-0.3, -0.25) is 19.8 Å². The Morgan fingerprint density at radius 3 is 2.72 bits per heavy atom. The minimum Gasteiger partial charge on any atom is -0.461 e. The molecule has 402 valence electrons. The van der Waals surface area contributed by atoms with Gasteiger partial charge in [-0.1, -0.05) is 31.2 Å². The summed E-state index contributed by atoms with van der Waals surface area (Å²) in [4.78, 5) is 59.9. The lowest BCUT2D eigenvalue weighted by Gasteiger charge is -2.41. The third kappa shape index (κ3) is 8.46. The minimum atomic E-state index is -1.34. The number of thiophene rings is 1. The van der Waals surface area contributed by atoms with Gasteiger partial charge in [-0.15, -0.1) is 11.3 Å². The SMILES string of the molecule is C=C(SOC(=O)Nc1cc2cc3c(nc2cc1F)-c1cc2c(c(=O)n1C3)COC[C@@]2(O)CC)C(=O)N1CCN(c2nc(OC[C@@]34CCCN3C[C@H](F)C4)nc3c(F)c(-c4ccc(F)c5sc(N)c(C#N)c45)c(Cl)cc23)[C@@H](C)C1. The summed E-state index contributed by atoms with van der Waals surface area (Å²) in [5, 5.41) is 24.4. The molecule has 3 aromatic carbocycles. The van der Waals surface area contributed by atoms with Crippen LogP contribution in [-0.2, 0) is 32.5 Å². The fraction of sp³-hybridized carbons (Fsp3) is 0.352. The third-order valence-electron chi connectivity index (χ3n) is 15.8. The van der Waals surface area contributed by atoms with Crippen molar-refractivity contribution >= 4 is 95.4 Å². The standard InChI is InChI=1S/C54H47ClF4N10O7S2/c1-4-54(73)24-74-22-33-34(54)15-40-44-28(20-69(40)50(33)71)12-27-13-39(37(58)16-38(27)62-44)63-52(72)76-78-26(3)49(70)66-10-11-68(25(2)19-66)48-31-14-35(55)42(30-6-7-36(57)46-41(30)32(18-60)47(61)77-46)43(59)45(31)64-51(65-48)75-23-53-8-5-9-67(53)21-29(56)17-53/h6-7,12-16,25,29,73H,3-5,8-11,17,19-24,61H2,1-2H3,(H,63,72)/t25-,29+,53-,54-/m0/s1. The second kappa shape index (κ2) is 19.4. The maximum Gasteiger partial charge on any atom is 0.424 e. The summed E-state index contributed by atoms with van der Waals surface area (Å²) in [7, 11) is 0. The van der Waals surface area contributed by atoms with Crippen molar-refractivity contribution in [1.29, 1.82) is 5.26 Å². The van der Waals surface area contributed by atoms with Crippen LogP contribution in [0.5, 0.6) is 6.01 Å². The highest BCUT2D eigenvalue weighted by molar-refractivity contribution is 7.99. The zero-order valence-electron chi connectivity index (χ0n) is 41.9. The van der Waals surface area contributed by atoms with E-state index in [1.165, 1.54) is 23.1 Å². The summed E-state index contributed by atoms with van der Waals surface area (Å²) >= 11 is 8.21. The Labute approximate surface area is 455 Å². The lowest BCUT2D eigenvalue weighted by molar-refractivity contribution is -0.127. The predicted molar refractivity (Wildman–Crippen MR) is 288 cm³/mol. The lowest BCUT2D eigenvalue weighted by Crippen LogP contribution is -2.54. The summed E-state index contributed by atoms with van der Waals surface area (Å²) in [6, 6.07) is 11.3. The summed E-state index contributed by atoms with van der Waals surface area (Å²) in [5.74, 6) is -2.69. The number of nitrogens with zero attached hydrogens (tertiary/aromatic N) is 8. The predicted octanol–water partition coefficient (Wildman–Crippen LogP) is 9.31. The maximum atomic E-state index is 17.4. The maximum absolute atomic E-state index is 17.4. The number of nitriles is 1. The van der Waals surface area contributed by atoms with Crippen LogP contribution in [0, 0.1) is 28.8 Å². The van der Waals surface area contributed by atoms with Crippen molar-refractivity contribution in [1.82, 2.24) is 29.3 Å². The molecule has 3 saturated heterocycles. The van der Waals surface area contributed by atoms with Crippen LogP contribution in [0.3, 0.4) is 0 Å². The second-order valence-electron chi connectivity index (χ2n) is 20.4. The van der Waals surface area contributed by atoms with E-state index in [1.54, 1.807) is 23.6 Å². The van der Waals surface area contributed by atoms with E-state index in [1.807, 2.05) is 17.9 Å². The van der Waals surface area contributed by atoms with Crippen LogP contribution in [0.15, 0.2) is 58.7 Å². The molecule has 4 N–H and O–H groups in total. The van der Waals surface area contributed by atoms with E-state index in [4.69, 9.17) is 41.0 Å². The summed E-state index contributed by atoms with van der Waals surface area (Å²) in [6.45, 7) is 9.14. The third-order valence-corrected chi connectivity index (χ3v) is 17.7. The molecule has 0 spiro atoms. The Hall–Kier alpha value is -7.07. The van der Waals surface area contributed by atoms with Crippen molar-refractivity contribution < 1.29 is 45.9 Å². The van der Waals surface area contributed by atoms with Gasteiger partial charge in [0.05, 0.1) is 63.2 Å². The molecule has 4 aromatic heterocycles. The number of ether oxygens (including phenoxy) is 2. The van der Waals surface area contributed by atoms with E-state index in [0.717, 1.165) is 29.9 Å². The van der Waals surface area contributed by atoms with E-state index in [0.29, 0.717) is 64.9 Å². The van der Waals surface area contributed by atoms with Crippen molar-refractivity contribution in [3.63, 3.8) is 0 Å². The molecule has 0 radical (unpaired) electrons. The number of halogens is 5. The Bertz CT molecular complexity index is 3880. The number of aromatic nitrogens is 4. The van der Waals surface area contributed by atoms with Crippen molar-refractivity contribution in [3.05, 3.63) is 109 Å². The van der Waals surface area contributed by atoms with Crippen LogP contribution >= 0.6 is 35.0 Å². The fourth-order valence-electron chi connectivity index (χ4n) is 11.9.